The molecule has 3 rings (SSSR count). The predicted molar refractivity (Wildman–Crippen MR) is 129 cm³/mol. The molecule has 33 heavy (non-hydrogen) atoms. The number of aliphatic carboxylic acids is 1. The van der Waals surface area contributed by atoms with E-state index in [1.165, 1.54) is 4.90 Å². The highest BCUT2D eigenvalue weighted by atomic mass is 35.5. The number of nitrogens with one attached hydrogen (secondary N) is 1. The van der Waals surface area contributed by atoms with Crippen LogP contribution in [0.15, 0.2) is 48.5 Å². The molecule has 0 aliphatic carbocycles. The highest BCUT2D eigenvalue weighted by Crippen LogP contribution is 2.30. The molecule has 0 saturated heterocycles. The number of carbonyl (C=O) groups excluding carboxylic acids is 2. The standard InChI is InChI=1S/C24H27ClN2O5.ClH/c1-2-32-24(31)20(11-8-16-6-4-3-5-7-16)26-19-12-9-17-14-18(25)10-13-21(17)27(23(19)30)15-22(28)29;/h3-7,10,13-14,19-20,26H,2,8-9,11-12,15H2,1H3,(H,28,29);1H. The predicted octanol–water partition coefficient (Wildman–Crippen LogP) is 3.65. The lowest BCUT2D eigenvalue weighted by molar-refractivity contribution is -0.146. The van der Waals surface area contributed by atoms with Gasteiger partial charge in [0.15, 0.2) is 0 Å². The number of amides is 1. The Kier molecular flexibility index (Phi) is 10.2. The summed E-state index contributed by atoms with van der Waals surface area (Å²) in [6.45, 7) is 1.49. The molecular formula is C24H28Cl2N2O5. The van der Waals surface area contributed by atoms with Gasteiger partial charge in [-0.05, 0) is 61.9 Å². The van der Waals surface area contributed by atoms with Crippen molar-refractivity contribution in [1.29, 1.82) is 0 Å². The zero-order valence-electron chi connectivity index (χ0n) is 18.3. The third kappa shape index (κ3) is 7.19. The first-order valence-electron chi connectivity index (χ1n) is 10.7. The molecule has 1 aliphatic heterocycles. The van der Waals surface area contributed by atoms with Crippen LogP contribution in [0.4, 0.5) is 5.69 Å². The Morgan fingerprint density at radius 3 is 2.64 bits per heavy atom. The number of hydrogen-bond acceptors (Lipinski definition) is 5. The fourth-order valence-electron chi connectivity index (χ4n) is 3.91. The Morgan fingerprint density at radius 1 is 1.24 bits per heavy atom. The Morgan fingerprint density at radius 2 is 1.97 bits per heavy atom. The summed E-state index contributed by atoms with van der Waals surface area (Å²) in [7, 11) is 0. The second-order valence-corrected chi connectivity index (χ2v) is 8.11. The second kappa shape index (κ2) is 12.6. The van der Waals surface area contributed by atoms with Crippen LogP contribution in [-0.4, -0.2) is 48.2 Å². The van der Waals surface area contributed by atoms with Gasteiger partial charge in [0.25, 0.3) is 0 Å². The number of carboxylic acid groups (broad SMARTS) is 1. The third-order valence-corrected chi connectivity index (χ3v) is 5.67. The molecule has 2 atom stereocenters. The Balaban J connectivity index is 0.00000385. The number of anilines is 1. The first-order valence-corrected chi connectivity index (χ1v) is 11.0. The molecule has 1 amide bonds. The summed E-state index contributed by atoms with van der Waals surface area (Å²) in [5, 5.41) is 13.1. The largest absolute Gasteiger partial charge is 0.480 e. The normalized spacial score (nSPS) is 16.2. The van der Waals surface area contributed by atoms with Crippen molar-refractivity contribution in [3.63, 3.8) is 0 Å². The zero-order chi connectivity index (χ0) is 23.1. The molecule has 0 bridgehead atoms. The van der Waals surface area contributed by atoms with Crippen LogP contribution in [0.1, 0.15) is 30.9 Å². The maximum Gasteiger partial charge on any atom is 0.323 e. The van der Waals surface area contributed by atoms with Gasteiger partial charge in [0.05, 0.1) is 12.6 Å². The number of aryl methyl sites for hydroxylation is 2. The van der Waals surface area contributed by atoms with E-state index in [0.717, 1.165) is 11.1 Å². The SMILES string of the molecule is CCOC(=O)C(CCc1ccccc1)NC1CCc2cc(Cl)ccc2N(CC(=O)O)C1=O.Cl. The van der Waals surface area contributed by atoms with Crippen LogP contribution in [0.3, 0.4) is 0 Å². The van der Waals surface area contributed by atoms with Gasteiger partial charge in [-0.3, -0.25) is 24.6 Å². The van der Waals surface area contributed by atoms with Gasteiger partial charge in [-0.2, -0.15) is 0 Å². The van der Waals surface area contributed by atoms with Gasteiger partial charge in [-0.1, -0.05) is 41.9 Å². The zero-order valence-corrected chi connectivity index (χ0v) is 19.9. The lowest BCUT2D eigenvalue weighted by Crippen LogP contribution is -2.53. The number of ether oxygens (including phenoxy) is 1. The molecule has 0 spiro atoms. The number of rotatable bonds is 9. The molecule has 2 aromatic carbocycles. The van der Waals surface area contributed by atoms with Crippen molar-refractivity contribution in [3.8, 4) is 0 Å². The molecule has 2 N–H and O–H groups in total. The van der Waals surface area contributed by atoms with Gasteiger partial charge in [-0.25, -0.2) is 0 Å². The van der Waals surface area contributed by atoms with Crippen molar-refractivity contribution < 1.29 is 24.2 Å². The van der Waals surface area contributed by atoms with E-state index in [4.69, 9.17) is 16.3 Å². The third-order valence-electron chi connectivity index (χ3n) is 5.43. The second-order valence-electron chi connectivity index (χ2n) is 7.68. The number of halogens is 2. The molecule has 0 fully saturated rings. The van der Waals surface area contributed by atoms with E-state index in [-0.39, 0.29) is 24.9 Å². The molecule has 0 saturated carbocycles. The van der Waals surface area contributed by atoms with Gasteiger partial charge in [0.2, 0.25) is 5.91 Å². The molecule has 2 unspecified atom stereocenters. The van der Waals surface area contributed by atoms with Crippen LogP contribution in [0.2, 0.25) is 5.02 Å². The lowest BCUT2D eigenvalue weighted by Gasteiger charge is -2.27. The average Bonchev–Trinajstić information content (AvgIpc) is 2.88. The molecule has 0 radical (unpaired) electrons. The number of carboxylic acids is 1. The van der Waals surface area contributed by atoms with Crippen LogP contribution in [0, 0.1) is 0 Å². The van der Waals surface area contributed by atoms with Crippen molar-refractivity contribution >= 4 is 47.5 Å². The minimum atomic E-state index is -1.12. The molecule has 0 aromatic heterocycles. The maximum atomic E-state index is 13.3. The number of esters is 1. The van der Waals surface area contributed by atoms with E-state index < -0.39 is 30.6 Å². The van der Waals surface area contributed by atoms with Gasteiger partial charge >= 0.3 is 11.9 Å². The first kappa shape index (κ1) is 26.6. The Bertz CT molecular complexity index is 971. The Hall–Kier alpha value is -2.61. The number of nitrogens with zero attached hydrogens (tertiary/aromatic N) is 1. The topological polar surface area (TPSA) is 95.9 Å². The van der Waals surface area contributed by atoms with Gasteiger partial charge in [0.1, 0.15) is 12.6 Å². The molecular weight excluding hydrogens is 467 g/mol. The smallest absolute Gasteiger partial charge is 0.323 e. The van der Waals surface area contributed by atoms with E-state index in [2.05, 4.69) is 5.32 Å². The van der Waals surface area contributed by atoms with E-state index in [1.54, 1.807) is 25.1 Å². The molecule has 9 heteroatoms. The van der Waals surface area contributed by atoms with E-state index >= 15 is 0 Å². The monoisotopic (exact) mass is 494 g/mol. The number of carbonyl (C=O) groups is 3. The number of hydrogen-bond donors (Lipinski definition) is 2. The van der Waals surface area contributed by atoms with E-state index in [1.807, 2.05) is 30.3 Å². The van der Waals surface area contributed by atoms with Crippen LogP contribution >= 0.6 is 24.0 Å². The fourth-order valence-corrected chi connectivity index (χ4v) is 4.11. The van der Waals surface area contributed by atoms with Gasteiger partial charge in [0, 0.05) is 10.7 Å². The summed E-state index contributed by atoms with van der Waals surface area (Å²) in [4.78, 5) is 38.7. The summed E-state index contributed by atoms with van der Waals surface area (Å²) >= 11 is 6.12. The highest BCUT2D eigenvalue weighted by molar-refractivity contribution is 6.30. The summed E-state index contributed by atoms with van der Waals surface area (Å²) < 4.78 is 5.23. The van der Waals surface area contributed by atoms with Gasteiger partial charge in [-0.15, -0.1) is 12.4 Å². The summed E-state index contributed by atoms with van der Waals surface area (Å²) in [5.41, 5.74) is 2.40. The average molecular weight is 495 g/mol. The van der Waals surface area contributed by atoms with Crippen LogP contribution in [-0.2, 0) is 32.0 Å². The van der Waals surface area contributed by atoms with E-state index in [9.17, 15) is 19.5 Å². The molecule has 178 valence electrons. The maximum absolute atomic E-state index is 13.3. The summed E-state index contributed by atoms with van der Waals surface area (Å²) in [5.74, 6) is -1.93. The highest BCUT2D eigenvalue weighted by Gasteiger charge is 2.34. The molecule has 1 heterocycles. The lowest BCUT2D eigenvalue weighted by atomic mass is 10.0. The van der Waals surface area contributed by atoms with Crippen molar-refractivity contribution in [2.45, 2.75) is 44.7 Å². The summed E-state index contributed by atoms with van der Waals surface area (Å²) in [6.07, 6.45) is 2.00. The van der Waals surface area contributed by atoms with Crippen LogP contribution in [0.25, 0.3) is 0 Å². The molecule has 1 aliphatic rings. The van der Waals surface area contributed by atoms with Crippen molar-refractivity contribution in [2.75, 3.05) is 18.1 Å². The fraction of sp³-hybridized carbons (Fsp3) is 0.375. The first-order chi connectivity index (χ1) is 15.4. The van der Waals surface area contributed by atoms with Crippen molar-refractivity contribution in [2.24, 2.45) is 0 Å². The minimum absolute atomic E-state index is 0. The van der Waals surface area contributed by atoms with Crippen molar-refractivity contribution in [1.82, 2.24) is 5.32 Å². The van der Waals surface area contributed by atoms with Gasteiger partial charge < -0.3 is 9.84 Å². The van der Waals surface area contributed by atoms with Crippen LogP contribution < -0.4 is 10.2 Å². The summed E-state index contributed by atoms with van der Waals surface area (Å²) in [6, 6.07) is 13.4. The van der Waals surface area contributed by atoms with Crippen LogP contribution in [0.5, 0.6) is 0 Å². The number of fused-ring (bicyclic) bond motifs is 1. The van der Waals surface area contributed by atoms with E-state index in [0.29, 0.717) is 36.4 Å². The number of benzene rings is 2. The molecule has 7 nitrogen and oxygen atoms in total. The quantitative estimate of drug-likeness (QED) is 0.516. The Labute approximate surface area is 204 Å². The van der Waals surface area contributed by atoms with Crippen molar-refractivity contribution in [3.05, 3.63) is 64.7 Å². The molecule has 2 aromatic rings. The minimum Gasteiger partial charge on any atom is -0.480 e.